The molecule has 0 fully saturated rings. The number of pyridine rings is 1. The van der Waals surface area contributed by atoms with Gasteiger partial charge in [0.25, 0.3) is 5.91 Å². The first-order valence-corrected chi connectivity index (χ1v) is 4.03. The first kappa shape index (κ1) is 10.2. The van der Waals surface area contributed by atoms with Crippen molar-refractivity contribution in [1.82, 2.24) is 10.5 Å². The lowest BCUT2D eigenvalue weighted by Gasteiger charge is -2.04. The normalized spacial score (nSPS) is 9.14. The Morgan fingerprint density at radius 2 is 2.57 bits per heavy atom. The second-order valence-corrected chi connectivity index (χ2v) is 2.56. The molecule has 0 saturated heterocycles. The molecular formula is C10H10N2O2. The van der Waals surface area contributed by atoms with Crippen molar-refractivity contribution in [3.63, 3.8) is 0 Å². The zero-order chi connectivity index (χ0) is 10.4. The van der Waals surface area contributed by atoms with E-state index in [9.17, 15) is 4.79 Å². The summed E-state index contributed by atoms with van der Waals surface area (Å²) in [6.45, 7) is 1.79. The van der Waals surface area contributed by atoms with E-state index in [1.54, 1.807) is 25.3 Å². The van der Waals surface area contributed by atoms with Crippen molar-refractivity contribution in [2.75, 3.05) is 6.61 Å². The standard InChI is InChI=1S/C10H10N2O2/c1-3-7-14-12-10(13)9-5-4-6-11-8(9)2/h1,4-6H,7H2,2H3,(H,12,13). The Kier molecular flexibility index (Phi) is 3.65. The highest BCUT2D eigenvalue weighted by Gasteiger charge is 2.07. The second kappa shape index (κ2) is 5.00. The summed E-state index contributed by atoms with van der Waals surface area (Å²) >= 11 is 0. The van der Waals surface area contributed by atoms with Crippen LogP contribution < -0.4 is 5.48 Å². The van der Waals surface area contributed by atoms with E-state index >= 15 is 0 Å². The number of terminal acetylenes is 1. The van der Waals surface area contributed by atoms with Gasteiger partial charge in [-0.05, 0) is 19.1 Å². The van der Waals surface area contributed by atoms with Gasteiger partial charge in [-0.25, -0.2) is 5.48 Å². The van der Waals surface area contributed by atoms with Crippen LogP contribution in [0.25, 0.3) is 0 Å². The Morgan fingerprint density at radius 3 is 3.21 bits per heavy atom. The molecule has 1 N–H and O–H groups in total. The van der Waals surface area contributed by atoms with Crippen LogP contribution in [-0.2, 0) is 4.84 Å². The lowest BCUT2D eigenvalue weighted by atomic mass is 10.2. The number of hydrogen-bond donors (Lipinski definition) is 1. The molecule has 0 unspecified atom stereocenters. The van der Waals surface area contributed by atoms with Gasteiger partial charge in [-0.2, -0.15) is 0 Å². The second-order valence-electron chi connectivity index (χ2n) is 2.56. The fraction of sp³-hybridized carbons (Fsp3) is 0.200. The summed E-state index contributed by atoms with van der Waals surface area (Å²) in [6.07, 6.45) is 6.56. The molecular weight excluding hydrogens is 180 g/mol. The fourth-order valence-electron chi connectivity index (χ4n) is 0.923. The van der Waals surface area contributed by atoms with Crippen molar-refractivity contribution in [2.45, 2.75) is 6.92 Å². The van der Waals surface area contributed by atoms with E-state index in [0.29, 0.717) is 11.3 Å². The molecule has 4 heteroatoms. The molecule has 1 rings (SSSR count). The predicted octanol–water partition coefficient (Wildman–Crippen LogP) is 0.685. The van der Waals surface area contributed by atoms with E-state index in [1.165, 1.54) is 0 Å². The van der Waals surface area contributed by atoms with E-state index in [0.717, 1.165) is 0 Å². The Labute approximate surface area is 82.3 Å². The van der Waals surface area contributed by atoms with Gasteiger partial charge in [-0.3, -0.25) is 14.6 Å². The third-order valence-corrected chi connectivity index (χ3v) is 1.57. The van der Waals surface area contributed by atoms with Gasteiger partial charge in [-0.15, -0.1) is 6.42 Å². The summed E-state index contributed by atoms with van der Waals surface area (Å²) in [7, 11) is 0. The van der Waals surface area contributed by atoms with Crippen molar-refractivity contribution < 1.29 is 9.63 Å². The maximum absolute atomic E-state index is 11.4. The third-order valence-electron chi connectivity index (χ3n) is 1.57. The smallest absolute Gasteiger partial charge is 0.267 e. The SMILES string of the molecule is C#CCONC(=O)c1cccnc1C. The number of nitrogens with one attached hydrogen (secondary N) is 1. The number of carbonyl (C=O) groups is 1. The van der Waals surface area contributed by atoms with Crippen LogP contribution in [0.1, 0.15) is 16.1 Å². The number of rotatable bonds is 3. The summed E-state index contributed by atoms with van der Waals surface area (Å²) in [5.74, 6) is 1.89. The van der Waals surface area contributed by atoms with Crippen molar-refractivity contribution in [1.29, 1.82) is 0 Å². The van der Waals surface area contributed by atoms with Gasteiger partial charge in [0.05, 0.1) is 11.3 Å². The highest BCUT2D eigenvalue weighted by Crippen LogP contribution is 2.02. The largest absolute Gasteiger partial charge is 0.276 e. The fourth-order valence-corrected chi connectivity index (χ4v) is 0.923. The first-order valence-electron chi connectivity index (χ1n) is 4.03. The molecule has 0 atom stereocenters. The van der Waals surface area contributed by atoms with Crippen LogP contribution in [-0.4, -0.2) is 17.5 Å². The van der Waals surface area contributed by atoms with Crippen LogP contribution in [0.4, 0.5) is 0 Å². The number of aryl methyl sites for hydroxylation is 1. The zero-order valence-corrected chi connectivity index (χ0v) is 7.78. The molecule has 0 aliphatic heterocycles. The van der Waals surface area contributed by atoms with Crippen molar-refractivity contribution >= 4 is 5.91 Å². The summed E-state index contributed by atoms with van der Waals surface area (Å²) < 4.78 is 0. The minimum atomic E-state index is -0.342. The summed E-state index contributed by atoms with van der Waals surface area (Å²) in [6, 6.07) is 3.35. The van der Waals surface area contributed by atoms with Gasteiger partial charge in [0.2, 0.25) is 0 Å². The Balaban J connectivity index is 2.62. The van der Waals surface area contributed by atoms with E-state index in [4.69, 9.17) is 11.3 Å². The molecule has 4 nitrogen and oxygen atoms in total. The van der Waals surface area contributed by atoms with Crippen LogP contribution in [0, 0.1) is 19.3 Å². The number of hydrogen-bond acceptors (Lipinski definition) is 3. The molecule has 72 valence electrons. The van der Waals surface area contributed by atoms with Crippen LogP contribution in [0.2, 0.25) is 0 Å². The molecule has 1 amide bonds. The summed E-state index contributed by atoms with van der Waals surface area (Å²) in [5.41, 5.74) is 3.34. The van der Waals surface area contributed by atoms with Gasteiger partial charge in [-0.1, -0.05) is 5.92 Å². The third kappa shape index (κ3) is 2.57. The molecule has 0 aromatic carbocycles. The van der Waals surface area contributed by atoms with Crippen molar-refractivity contribution in [3.05, 3.63) is 29.6 Å². The predicted molar refractivity (Wildman–Crippen MR) is 51.2 cm³/mol. The van der Waals surface area contributed by atoms with Crippen LogP contribution in [0.5, 0.6) is 0 Å². The summed E-state index contributed by atoms with van der Waals surface area (Å²) in [5, 5.41) is 0. The van der Waals surface area contributed by atoms with Crippen molar-refractivity contribution in [3.8, 4) is 12.3 Å². The van der Waals surface area contributed by atoms with Gasteiger partial charge >= 0.3 is 0 Å². The topological polar surface area (TPSA) is 51.2 Å². The molecule has 0 radical (unpaired) electrons. The minimum Gasteiger partial charge on any atom is -0.267 e. The molecule has 1 aromatic rings. The molecule has 0 spiro atoms. The van der Waals surface area contributed by atoms with E-state index in [-0.39, 0.29) is 12.5 Å². The maximum Gasteiger partial charge on any atom is 0.276 e. The van der Waals surface area contributed by atoms with Crippen molar-refractivity contribution in [2.24, 2.45) is 0 Å². The first-order chi connectivity index (χ1) is 6.75. The van der Waals surface area contributed by atoms with E-state index < -0.39 is 0 Å². The maximum atomic E-state index is 11.4. The van der Waals surface area contributed by atoms with Crippen LogP contribution in [0.15, 0.2) is 18.3 Å². The van der Waals surface area contributed by atoms with E-state index in [2.05, 4.69) is 16.4 Å². The van der Waals surface area contributed by atoms with Crippen LogP contribution >= 0.6 is 0 Å². The highest BCUT2D eigenvalue weighted by atomic mass is 16.6. The number of nitrogens with zero attached hydrogens (tertiary/aromatic N) is 1. The monoisotopic (exact) mass is 190 g/mol. The molecule has 0 aliphatic rings. The summed E-state index contributed by atoms with van der Waals surface area (Å²) in [4.78, 5) is 20.1. The lowest BCUT2D eigenvalue weighted by molar-refractivity contribution is 0.0437. The Bertz CT molecular complexity index is 369. The molecule has 1 heterocycles. The molecule has 1 aromatic heterocycles. The Hall–Kier alpha value is -1.86. The highest BCUT2D eigenvalue weighted by molar-refractivity contribution is 5.94. The number of hydroxylamine groups is 1. The van der Waals surface area contributed by atoms with Gasteiger partial charge in [0, 0.05) is 6.20 Å². The number of carbonyl (C=O) groups excluding carboxylic acids is 1. The van der Waals surface area contributed by atoms with Gasteiger partial charge in [0.1, 0.15) is 6.61 Å². The van der Waals surface area contributed by atoms with Gasteiger partial charge in [0.15, 0.2) is 0 Å². The van der Waals surface area contributed by atoms with Crippen LogP contribution in [0.3, 0.4) is 0 Å². The number of aromatic nitrogens is 1. The van der Waals surface area contributed by atoms with E-state index in [1.807, 2.05) is 0 Å². The minimum absolute atomic E-state index is 0.0467. The average Bonchev–Trinajstić information content (AvgIpc) is 2.18. The molecule has 0 bridgehead atoms. The quantitative estimate of drug-likeness (QED) is 0.433. The molecule has 0 aliphatic carbocycles. The number of amides is 1. The lowest BCUT2D eigenvalue weighted by Crippen LogP contribution is -2.24. The van der Waals surface area contributed by atoms with Gasteiger partial charge < -0.3 is 0 Å². The molecule has 14 heavy (non-hydrogen) atoms. The zero-order valence-electron chi connectivity index (χ0n) is 7.78. The average molecular weight is 190 g/mol. The Morgan fingerprint density at radius 1 is 1.79 bits per heavy atom. The molecule has 0 saturated carbocycles.